The van der Waals surface area contributed by atoms with Crippen LogP contribution >= 0.6 is 22.6 Å². The van der Waals surface area contributed by atoms with Crippen molar-refractivity contribution in [3.05, 3.63) is 9.72 Å². The Morgan fingerprint density at radius 1 is 1.11 bits per heavy atom. The zero-order chi connectivity index (χ0) is 12.6. The van der Waals surface area contributed by atoms with Gasteiger partial charge in [-0.3, -0.25) is 0 Å². The molecular formula is C14H19IN2O. The van der Waals surface area contributed by atoms with Crippen LogP contribution in [0.1, 0.15) is 58.3 Å². The molecule has 0 saturated heterocycles. The molecule has 0 aliphatic heterocycles. The number of hydrogen-bond donors (Lipinski definition) is 0. The molecule has 4 saturated carbocycles. The molecule has 18 heavy (non-hydrogen) atoms. The minimum atomic E-state index is 0.194. The van der Waals surface area contributed by atoms with E-state index in [0.717, 1.165) is 15.6 Å². The molecule has 4 aliphatic carbocycles. The van der Waals surface area contributed by atoms with Crippen LogP contribution in [0.3, 0.4) is 0 Å². The molecule has 4 bridgehead atoms. The van der Waals surface area contributed by atoms with Gasteiger partial charge in [-0.2, -0.15) is 4.98 Å². The van der Waals surface area contributed by atoms with Gasteiger partial charge in [-0.15, -0.1) is 0 Å². The molecule has 4 aliphatic rings. The maximum Gasteiger partial charge on any atom is 0.233 e. The molecule has 4 heteroatoms. The maximum absolute atomic E-state index is 5.57. The fourth-order valence-electron chi connectivity index (χ4n) is 6.11. The van der Waals surface area contributed by atoms with Crippen LogP contribution in [-0.2, 0) is 5.41 Å². The third-order valence-corrected chi connectivity index (χ3v) is 5.92. The van der Waals surface area contributed by atoms with E-state index in [4.69, 9.17) is 4.52 Å². The Kier molecular flexibility index (Phi) is 2.14. The van der Waals surface area contributed by atoms with Gasteiger partial charge in [0.15, 0.2) is 0 Å². The molecule has 2 unspecified atom stereocenters. The van der Waals surface area contributed by atoms with Crippen LogP contribution in [0.5, 0.6) is 0 Å². The maximum atomic E-state index is 5.57. The van der Waals surface area contributed by atoms with Gasteiger partial charge in [-0.25, -0.2) is 0 Å². The molecule has 5 rings (SSSR count). The summed E-state index contributed by atoms with van der Waals surface area (Å²) in [6.07, 6.45) is 8.00. The molecule has 0 amide bonds. The van der Waals surface area contributed by atoms with Crippen molar-refractivity contribution < 1.29 is 4.52 Å². The Balaban J connectivity index is 1.82. The van der Waals surface area contributed by atoms with E-state index >= 15 is 0 Å². The van der Waals surface area contributed by atoms with Crippen LogP contribution in [0.4, 0.5) is 0 Å². The Labute approximate surface area is 121 Å². The molecule has 0 spiro atoms. The quantitative estimate of drug-likeness (QED) is 0.715. The summed E-state index contributed by atoms with van der Waals surface area (Å²) < 4.78 is 6.33. The van der Waals surface area contributed by atoms with E-state index in [2.05, 4.69) is 46.6 Å². The first-order valence-corrected chi connectivity index (χ1v) is 7.98. The molecule has 98 valence electrons. The average Bonchev–Trinajstić information content (AvgIpc) is 2.59. The van der Waals surface area contributed by atoms with Gasteiger partial charge in [0.25, 0.3) is 0 Å². The first-order valence-electron chi connectivity index (χ1n) is 6.90. The minimum Gasteiger partial charge on any atom is -0.338 e. The van der Waals surface area contributed by atoms with Crippen molar-refractivity contribution in [2.75, 3.05) is 0 Å². The second-order valence-electron chi connectivity index (χ2n) is 7.78. The van der Waals surface area contributed by atoms with E-state index in [1.54, 1.807) is 0 Å². The van der Waals surface area contributed by atoms with Gasteiger partial charge in [0.05, 0.1) is 5.41 Å². The zero-order valence-electron chi connectivity index (χ0n) is 11.0. The monoisotopic (exact) mass is 358 g/mol. The van der Waals surface area contributed by atoms with Crippen molar-refractivity contribution in [2.24, 2.45) is 16.7 Å². The summed E-state index contributed by atoms with van der Waals surface area (Å²) in [6, 6.07) is 0. The van der Waals surface area contributed by atoms with E-state index in [-0.39, 0.29) is 5.41 Å². The smallest absolute Gasteiger partial charge is 0.233 e. The summed E-state index contributed by atoms with van der Waals surface area (Å²) in [5.74, 6) is 1.80. The van der Waals surface area contributed by atoms with Gasteiger partial charge in [0.1, 0.15) is 0 Å². The largest absolute Gasteiger partial charge is 0.338 e. The van der Waals surface area contributed by atoms with Crippen molar-refractivity contribution >= 4 is 22.6 Å². The van der Waals surface area contributed by atoms with Gasteiger partial charge in [-0.05, 0) is 55.3 Å². The molecule has 0 radical (unpaired) electrons. The van der Waals surface area contributed by atoms with E-state index in [1.807, 2.05) is 0 Å². The van der Waals surface area contributed by atoms with Gasteiger partial charge in [0, 0.05) is 22.6 Å². The first kappa shape index (κ1) is 11.7. The zero-order valence-corrected chi connectivity index (χ0v) is 13.2. The minimum absolute atomic E-state index is 0.194. The third-order valence-electron chi connectivity index (χ3n) is 5.48. The van der Waals surface area contributed by atoms with Crippen molar-refractivity contribution in [1.82, 2.24) is 10.1 Å². The van der Waals surface area contributed by atoms with Gasteiger partial charge in [-0.1, -0.05) is 19.0 Å². The van der Waals surface area contributed by atoms with Crippen molar-refractivity contribution in [3.63, 3.8) is 0 Å². The Hall–Kier alpha value is -0.130. The van der Waals surface area contributed by atoms with Crippen LogP contribution < -0.4 is 0 Å². The van der Waals surface area contributed by atoms with Gasteiger partial charge in [0.2, 0.25) is 9.72 Å². The predicted molar refractivity (Wildman–Crippen MR) is 76.1 cm³/mol. The lowest BCUT2D eigenvalue weighted by Crippen LogP contribution is -2.57. The molecule has 1 aromatic rings. The van der Waals surface area contributed by atoms with Crippen molar-refractivity contribution in [1.29, 1.82) is 0 Å². The Morgan fingerprint density at radius 2 is 1.78 bits per heavy atom. The molecule has 3 nitrogen and oxygen atoms in total. The number of aromatic nitrogens is 2. The molecule has 0 N–H and O–H groups in total. The second kappa shape index (κ2) is 3.30. The van der Waals surface area contributed by atoms with Gasteiger partial charge < -0.3 is 4.52 Å². The molecule has 4 fully saturated rings. The van der Waals surface area contributed by atoms with Crippen molar-refractivity contribution in [2.45, 2.75) is 57.8 Å². The average molecular weight is 358 g/mol. The van der Waals surface area contributed by atoms with Crippen LogP contribution in [-0.4, -0.2) is 10.1 Å². The SMILES string of the molecule is CC12CC3CC(C)(C1)CC(c1nc(I)no1)(C3)C2. The van der Waals surface area contributed by atoms with Crippen molar-refractivity contribution in [3.8, 4) is 0 Å². The molecule has 1 aromatic heterocycles. The summed E-state index contributed by atoms with van der Waals surface area (Å²) in [7, 11) is 0. The van der Waals surface area contributed by atoms with Crippen LogP contribution in [0.15, 0.2) is 4.52 Å². The van der Waals surface area contributed by atoms with E-state index in [9.17, 15) is 0 Å². The van der Waals surface area contributed by atoms with Crippen LogP contribution in [0.2, 0.25) is 0 Å². The summed E-state index contributed by atoms with van der Waals surface area (Å²) in [5, 5.41) is 4.02. The number of halogens is 1. The lowest BCUT2D eigenvalue weighted by molar-refractivity contribution is -0.118. The van der Waals surface area contributed by atoms with Crippen LogP contribution in [0.25, 0.3) is 0 Å². The number of rotatable bonds is 1. The fraction of sp³-hybridized carbons (Fsp3) is 0.857. The summed E-state index contributed by atoms with van der Waals surface area (Å²) >= 11 is 2.15. The topological polar surface area (TPSA) is 38.9 Å². The number of hydrogen-bond acceptors (Lipinski definition) is 3. The van der Waals surface area contributed by atoms with Gasteiger partial charge >= 0.3 is 0 Å². The molecule has 2 atom stereocenters. The predicted octanol–water partition coefficient (Wildman–Crippen LogP) is 3.92. The fourth-order valence-corrected chi connectivity index (χ4v) is 6.42. The summed E-state index contributed by atoms with van der Waals surface area (Å²) in [5.41, 5.74) is 1.21. The Morgan fingerprint density at radius 3 is 2.28 bits per heavy atom. The normalized spacial score (nSPS) is 49.8. The molecule has 1 heterocycles. The van der Waals surface area contributed by atoms with Crippen LogP contribution in [0, 0.1) is 20.6 Å². The highest BCUT2D eigenvalue weighted by Gasteiger charge is 2.62. The summed E-state index contributed by atoms with van der Waals surface area (Å²) in [6.45, 7) is 4.96. The third kappa shape index (κ3) is 1.53. The lowest BCUT2D eigenvalue weighted by Gasteiger charge is -2.64. The molecular weight excluding hydrogens is 339 g/mol. The highest BCUT2D eigenvalue weighted by atomic mass is 127. The number of nitrogens with zero attached hydrogens (tertiary/aromatic N) is 2. The summed E-state index contributed by atoms with van der Waals surface area (Å²) in [4.78, 5) is 4.57. The lowest BCUT2D eigenvalue weighted by atomic mass is 9.40. The Bertz CT molecular complexity index is 494. The van der Waals surface area contributed by atoms with E-state index in [1.165, 1.54) is 38.5 Å². The first-order chi connectivity index (χ1) is 8.41. The molecule has 0 aromatic carbocycles. The highest BCUT2D eigenvalue weighted by Crippen LogP contribution is 2.69. The standard InChI is InChI=1S/C14H19IN2O/c1-12-3-9-4-13(2,6-12)8-14(5-9,7-12)10-16-11(15)17-18-10/h9H,3-8H2,1-2H3. The van der Waals surface area contributed by atoms with E-state index in [0.29, 0.717) is 10.8 Å². The highest BCUT2D eigenvalue weighted by molar-refractivity contribution is 14.1. The second-order valence-corrected chi connectivity index (χ2v) is 8.74. The van der Waals surface area contributed by atoms with E-state index < -0.39 is 0 Å².